The molecule has 2 unspecified atom stereocenters. The molecule has 2 saturated heterocycles. The van der Waals surface area contributed by atoms with Gasteiger partial charge in [0.25, 0.3) is 0 Å². The second kappa shape index (κ2) is 5.79. The number of nitrogens with zero attached hydrogens (tertiary/aromatic N) is 1. The first-order valence-corrected chi connectivity index (χ1v) is 9.33. The van der Waals surface area contributed by atoms with Gasteiger partial charge in [0.2, 0.25) is 5.91 Å². The number of sulfone groups is 1. The van der Waals surface area contributed by atoms with Gasteiger partial charge >= 0.3 is 0 Å². The number of hydrogen-bond acceptors (Lipinski definition) is 5. The van der Waals surface area contributed by atoms with Crippen LogP contribution in [-0.2, 0) is 14.6 Å². The van der Waals surface area contributed by atoms with Crippen LogP contribution in [-0.4, -0.2) is 67.4 Å². The number of likely N-dealkylation sites (N-methyl/N-ethyl adjacent to an activating group) is 1. The van der Waals surface area contributed by atoms with Crippen LogP contribution in [0.4, 0.5) is 0 Å². The van der Waals surface area contributed by atoms with Gasteiger partial charge in [-0.05, 0) is 13.3 Å². The van der Waals surface area contributed by atoms with Gasteiger partial charge in [-0.25, -0.2) is 8.42 Å². The summed E-state index contributed by atoms with van der Waals surface area (Å²) in [6, 6.07) is -0.270. The van der Waals surface area contributed by atoms with Crippen LogP contribution in [0.15, 0.2) is 0 Å². The van der Waals surface area contributed by atoms with E-state index in [0.717, 1.165) is 18.1 Å². The van der Waals surface area contributed by atoms with E-state index in [1.165, 1.54) is 0 Å². The number of carbonyl (C=O) groups is 1. The minimum absolute atomic E-state index is 0.0619. The topological polar surface area (TPSA) is 66.5 Å². The minimum atomic E-state index is -2.93. The zero-order valence-corrected chi connectivity index (χ0v) is 12.2. The summed E-state index contributed by atoms with van der Waals surface area (Å²) in [6.07, 6.45) is 0.585. The van der Waals surface area contributed by atoms with Gasteiger partial charge < -0.3 is 10.2 Å². The quantitative estimate of drug-likeness (QED) is 0.775. The number of carbonyl (C=O) groups excluding carboxylic acids is 1. The van der Waals surface area contributed by atoms with Crippen molar-refractivity contribution in [2.45, 2.75) is 25.4 Å². The van der Waals surface area contributed by atoms with E-state index < -0.39 is 9.84 Å². The van der Waals surface area contributed by atoms with Crippen LogP contribution in [0.1, 0.15) is 13.3 Å². The average Bonchev–Trinajstić information content (AvgIpc) is 2.71. The molecule has 18 heavy (non-hydrogen) atoms. The highest BCUT2D eigenvalue weighted by molar-refractivity contribution is 7.99. The molecule has 2 heterocycles. The fraction of sp³-hybridized carbons (Fsp3) is 0.909. The molecule has 0 bridgehead atoms. The Morgan fingerprint density at radius 2 is 2.28 bits per heavy atom. The predicted octanol–water partition coefficient (Wildman–Crippen LogP) is -0.273. The van der Waals surface area contributed by atoms with E-state index in [1.54, 1.807) is 16.7 Å². The van der Waals surface area contributed by atoms with Crippen molar-refractivity contribution in [3.05, 3.63) is 0 Å². The first kappa shape index (κ1) is 14.1. The number of rotatable bonds is 3. The molecule has 1 amide bonds. The predicted molar refractivity (Wildman–Crippen MR) is 73.6 cm³/mol. The summed E-state index contributed by atoms with van der Waals surface area (Å²) in [4.78, 5) is 14.1. The van der Waals surface area contributed by atoms with Gasteiger partial charge in [0, 0.05) is 30.6 Å². The van der Waals surface area contributed by atoms with Crippen molar-refractivity contribution in [1.29, 1.82) is 0 Å². The van der Waals surface area contributed by atoms with Crippen LogP contribution in [0.3, 0.4) is 0 Å². The molecule has 0 spiro atoms. The van der Waals surface area contributed by atoms with Crippen molar-refractivity contribution < 1.29 is 13.2 Å². The number of nitrogens with one attached hydrogen (secondary N) is 1. The molecule has 2 fully saturated rings. The van der Waals surface area contributed by atoms with Gasteiger partial charge in [-0.2, -0.15) is 11.8 Å². The Morgan fingerprint density at radius 1 is 1.50 bits per heavy atom. The van der Waals surface area contributed by atoms with Gasteiger partial charge in [0.05, 0.1) is 17.5 Å². The Kier molecular flexibility index (Phi) is 4.55. The van der Waals surface area contributed by atoms with E-state index >= 15 is 0 Å². The maximum absolute atomic E-state index is 12.4. The van der Waals surface area contributed by atoms with Gasteiger partial charge in [-0.3, -0.25) is 4.79 Å². The molecule has 7 heteroatoms. The number of thioether (sulfide) groups is 1. The molecule has 0 aromatic carbocycles. The Morgan fingerprint density at radius 3 is 2.78 bits per heavy atom. The van der Waals surface area contributed by atoms with Crippen LogP contribution in [0.2, 0.25) is 0 Å². The van der Waals surface area contributed by atoms with Crippen molar-refractivity contribution >= 4 is 27.5 Å². The zero-order valence-electron chi connectivity index (χ0n) is 10.6. The summed E-state index contributed by atoms with van der Waals surface area (Å²) in [5.41, 5.74) is 0. The lowest BCUT2D eigenvalue weighted by Crippen LogP contribution is -2.53. The SMILES string of the molecule is CCN(C(=O)C1CSCCN1)C1CCS(=O)(=O)C1. The molecule has 0 radical (unpaired) electrons. The Bertz CT molecular complexity index is 405. The van der Waals surface area contributed by atoms with Crippen LogP contribution in [0.5, 0.6) is 0 Å². The summed E-state index contributed by atoms with van der Waals surface area (Å²) < 4.78 is 23.0. The maximum atomic E-state index is 12.4. The van der Waals surface area contributed by atoms with Gasteiger partial charge in [-0.1, -0.05) is 0 Å². The lowest BCUT2D eigenvalue weighted by Gasteiger charge is -2.32. The van der Waals surface area contributed by atoms with Gasteiger partial charge in [0.1, 0.15) is 0 Å². The largest absolute Gasteiger partial charge is 0.338 e. The third-order valence-electron chi connectivity index (χ3n) is 3.49. The monoisotopic (exact) mass is 292 g/mol. The fourth-order valence-electron chi connectivity index (χ4n) is 2.54. The molecule has 2 atom stereocenters. The summed E-state index contributed by atoms with van der Waals surface area (Å²) in [6.45, 7) is 3.35. The molecule has 1 N–H and O–H groups in total. The second-order valence-electron chi connectivity index (χ2n) is 4.76. The first-order valence-electron chi connectivity index (χ1n) is 6.35. The molecule has 2 aliphatic rings. The van der Waals surface area contributed by atoms with Crippen molar-refractivity contribution in [2.24, 2.45) is 0 Å². The third kappa shape index (κ3) is 3.19. The average molecular weight is 292 g/mol. The van der Waals surface area contributed by atoms with Gasteiger partial charge in [0.15, 0.2) is 9.84 Å². The standard InChI is InChI=1S/C11H20N2O3S2/c1-2-13(9-3-6-18(15,16)8-9)11(14)10-7-17-5-4-12-10/h9-10,12H,2-8H2,1H3. The summed E-state index contributed by atoms with van der Waals surface area (Å²) >= 11 is 1.77. The van der Waals surface area contributed by atoms with E-state index in [4.69, 9.17) is 0 Å². The Balaban J connectivity index is 2.01. The lowest BCUT2D eigenvalue weighted by molar-refractivity contribution is -0.134. The lowest BCUT2D eigenvalue weighted by atomic mass is 10.2. The third-order valence-corrected chi connectivity index (χ3v) is 6.30. The highest BCUT2D eigenvalue weighted by Crippen LogP contribution is 2.20. The van der Waals surface area contributed by atoms with Crippen molar-refractivity contribution in [1.82, 2.24) is 10.2 Å². The molecule has 0 aliphatic carbocycles. The highest BCUT2D eigenvalue weighted by atomic mass is 32.2. The van der Waals surface area contributed by atoms with Crippen molar-refractivity contribution in [3.63, 3.8) is 0 Å². The van der Waals surface area contributed by atoms with E-state index in [-0.39, 0.29) is 29.5 Å². The van der Waals surface area contributed by atoms with E-state index in [1.807, 2.05) is 6.92 Å². The minimum Gasteiger partial charge on any atom is -0.338 e. The van der Waals surface area contributed by atoms with E-state index in [9.17, 15) is 13.2 Å². The maximum Gasteiger partial charge on any atom is 0.240 e. The molecule has 0 aromatic heterocycles. The molecular weight excluding hydrogens is 272 g/mol. The number of amides is 1. The van der Waals surface area contributed by atoms with E-state index in [2.05, 4.69) is 5.32 Å². The van der Waals surface area contributed by atoms with Crippen molar-refractivity contribution in [3.8, 4) is 0 Å². The first-order chi connectivity index (χ1) is 8.53. The molecule has 0 saturated carbocycles. The smallest absolute Gasteiger partial charge is 0.240 e. The second-order valence-corrected chi connectivity index (χ2v) is 8.14. The Hall–Kier alpha value is -0.270. The normalized spacial score (nSPS) is 31.2. The summed E-state index contributed by atoms with van der Waals surface area (Å²) in [5.74, 6) is 2.23. The van der Waals surface area contributed by atoms with Crippen LogP contribution < -0.4 is 5.32 Å². The Labute approximate surface area is 113 Å². The van der Waals surface area contributed by atoms with Crippen LogP contribution >= 0.6 is 11.8 Å². The molecule has 5 nitrogen and oxygen atoms in total. The van der Waals surface area contributed by atoms with Crippen molar-refractivity contribution in [2.75, 3.05) is 36.1 Å². The highest BCUT2D eigenvalue weighted by Gasteiger charge is 2.36. The van der Waals surface area contributed by atoms with E-state index in [0.29, 0.717) is 13.0 Å². The zero-order chi connectivity index (χ0) is 13.2. The molecular formula is C11H20N2O3S2. The van der Waals surface area contributed by atoms with Crippen LogP contribution in [0.25, 0.3) is 0 Å². The fourth-order valence-corrected chi connectivity index (χ4v) is 5.20. The molecule has 0 aromatic rings. The molecule has 2 aliphatic heterocycles. The summed E-state index contributed by atoms with van der Waals surface area (Å²) in [7, 11) is -2.93. The number of hydrogen-bond donors (Lipinski definition) is 1. The van der Waals surface area contributed by atoms with Crippen LogP contribution in [0, 0.1) is 0 Å². The molecule has 2 rings (SSSR count). The summed E-state index contributed by atoms with van der Waals surface area (Å²) in [5, 5.41) is 3.22. The van der Waals surface area contributed by atoms with Gasteiger partial charge in [-0.15, -0.1) is 0 Å². The molecule has 104 valence electrons.